The predicted molar refractivity (Wildman–Crippen MR) is 150 cm³/mol. The van der Waals surface area contributed by atoms with E-state index in [9.17, 15) is 9.59 Å². The fourth-order valence-electron chi connectivity index (χ4n) is 10.1. The minimum Gasteiger partial charge on any atom is -0.491 e. The molecule has 38 heavy (non-hydrogen) atoms. The van der Waals surface area contributed by atoms with Crippen LogP contribution in [0.25, 0.3) is 0 Å². The van der Waals surface area contributed by atoms with Gasteiger partial charge in [0.25, 0.3) is 0 Å². The standard InChI is InChI=1S/C33H51NO4/c1-8-33-18-28-26-11-10-24-17-25(37-23(5)36)13-15-31(24,6)27(26)14-16-32(28,7)30(33)21(3)29(38-33)12-9-20(2)19-34-22(4)35/h10,20,25-28,30H,8-9,11-19H2,1-7H3,(H,34,35)/t20-,25+,26+,27-,28-,30+,31+,32+,33+/m1/s1. The highest BCUT2D eigenvalue weighted by molar-refractivity contribution is 5.72. The van der Waals surface area contributed by atoms with Crippen molar-refractivity contribution in [2.24, 2.45) is 40.4 Å². The van der Waals surface area contributed by atoms with Gasteiger partial charge >= 0.3 is 5.97 Å². The number of hydrogen-bond donors (Lipinski definition) is 1. The second kappa shape index (κ2) is 10.0. The maximum Gasteiger partial charge on any atom is 0.302 e. The number of carbonyl (C=O) groups excluding carboxylic acids is 2. The molecule has 0 aromatic carbocycles. The third kappa shape index (κ3) is 4.44. The number of esters is 1. The summed E-state index contributed by atoms with van der Waals surface area (Å²) in [6.45, 7) is 15.9. The minimum atomic E-state index is -0.145. The first kappa shape index (κ1) is 27.8. The third-order valence-corrected chi connectivity index (χ3v) is 11.9. The Balaban J connectivity index is 1.35. The molecule has 5 nitrogen and oxygen atoms in total. The van der Waals surface area contributed by atoms with Crippen LogP contribution < -0.4 is 5.32 Å². The normalized spacial score (nSPS) is 42.2. The van der Waals surface area contributed by atoms with Crippen LogP contribution in [0.4, 0.5) is 0 Å². The van der Waals surface area contributed by atoms with Crippen LogP contribution in [0.15, 0.2) is 23.0 Å². The van der Waals surface area contributed by atoms with Crippen LogP contribution in [-0.2, 0) is 19.1 Å². The molecule has 0 aromatic rings. The molecule has 3 fully saturated rings. The van der Waals surface area contributed by atoms with Crippen molar-refractivity contribution in [2.75, 3.05) is 6.54 Å². The van der Waals surface area contributed by atoms with Crippen LogP contribution in [0.3, 0.4) is 0 Å². The van der Waals surface area contributed by atoms with E-state index in [0.717, 1.165) is 56.9 Å². The summed E-state index contributed by atoms with van der Waals surface area (Å²) in [4.78, 5) is 22.9. The van der Waals surface area contributed by atoms with Crippen LogP contribution in [0.2, 0.25) is 0 Å². The van der Waals surface area contributed by atoms with Crippen molar-refractivity contribution in [3.63, 3.8) is 0 Å². The second-order valence-corrected chi connectivity index (χ2v) is 14.1. The second-order valence-electron chi connectivity index (χ2n) is 14.1. The Hall–Kier alpha value is -1.78. The number of nitrogens with one attached hydrogen (secondary N) is 1. The van der Waals surface area contributed by atoms with Crippen LogP contribution in [-0.4, -0.2) is 30.1 Å². The van der Waals surface area contributed by atoms with Crippen molar-refractivity contribution in [1.82, 2.24) is 5.32 Å². The van der Waals surface area contributed by atoms with E-state index in [1.807, 2.05) is 0 Å². The lowest BCUT2D eigenvalue weighted by Gasteiger charge is -2.58. The highest BCUT2D eigenvalue weighted by Crippen LogP contribution is 2.72. The summed E-state index contributed by atoms with van der Waals surface area (Å²) in [5.41, 5.74) is 3.57. The van der Waals surface area contributed by atoms with Crippen LogP contribution in [0.1, 0.15) is 113 Å². The molecule has 1 aliphatic heterocycles. The average molecular weight is 526 g/mol. The summed E-state index contributed by atoms with van der Waals surface area (Å²) in [5.74, 6) is 4.26. The molecule has 0 bridgehead atoms. The van der Waals surface area contributed by atoms with Crippen molar-refractivity contribution in [3.05, 3.63) is 23.0 Å². The van der Waals surface area contributed by atoms with Crippen molar-refractivity contribution in [3.8, 4) is 0 Å². The van der Waals surface area contributed by atoms with Crippen molar-refractivity contribution in [1.29, 1.82) is 0 Å². The van der Waals surface area contributed by atoms with Gasteiger partial charge in [-0.05, 0) is 98.4 Å². The first-order chi connectivity index (χ1) is 17.9. The Morgan fingerprint density at radius 3 is 2.63 bits per heavy atom. The Morgan fingerprint density at radius 1 is 1.18 bits per heavy atom. The van der Waals surface area contributed by atoms with Crippen molar-refractivity contribution in [2.45, 2.75) is 124 Å². The molecular weight excluding hydrogens is 474 g/mol. The molecule has 9 atom stereocenters. The van der Waals surface area contributed by atoms with Gasteiger partial charge in [-0.3, -0.25) is 9.59 Å². The minimum absolute atomic E-state index is 0.0491. The molecule has 0 saturated heterocycles. The Kier molecular flexibility index (Phi) is 7.31. The lowest BCUT2D eigenvalue weighted by molar-refractivity contribution is -0.148. The molecule has 0 spiro atoms. The van der Waals surface area contributed by atoms with Gasteiger partial charge in [0, 0.05) is 39.2 Å². The van der Waals surface area contributed by atoms with E-state index in [1.165, 1.54) is 43.9 Å². The van der Waals surface area contributed by atoms with Crippen LogP contribution in [0.5, 0.6) is 0 Å². The first-order valence-corrected chi connectivity index (χ1v) is 15.4. The predicted octanol–water partition coefficient (Wildman–Crippen LogP) is 7.11. The van der Waals surface area contributed by atoms with E-state index >= 15 is 0 Å². The lowest BCUT2D eigenvalue weighted by atomic mass is 9.47. The van der Waals surface area contributed by atoms with Crippen molar-refractivity contribution < 1.29 is 19.1 Å². The monoisotopic (exact) mass is 525 g/mol. The van der Waals surface area contributed by atoms with Gasteiger partial charge in [0.2, 0.25) is 5.91 Å². The Bertz CT molecular complexity index is 1030. The van der Waals surface area contributed by atoms with Crippen LogP contribution >= 0.6 is 0 Å². The SMILES string of the molecule is CC[C@]12C[C@@H]3[C@H]4CC=C5C[C@@H](OC(C)=O)CC[C@]5(C)[C@@H]4CC[C@]3(C)[C@@H]1C(C)=C(CC[C@@H](C)CNC(C)=O)O2. The summed E-state index contributed by atoms with van der Waals surface area (Å²) in [7, 11) is 0. The summed E-state index contributed by atoms with van der Waals surface area (Å²) in [6, 6.07) is 0. The molecule has 1 N–H and O–H groups in total. The molecule has 5 rings (SSSR count). The topological polar surface area (TPSA) is 64.6 Å². The number of ether oxygens (including phenoxy) is 2. The highest BCUT2D eigenvalue weighted by atomic mass is 16.5. The number of carbonyl (C=O) groups is 2. The summed E-state index contributed by atoms with van der Waals surface area (Å²) >= 11 is 0. The lowest BCUT2D eigenvalue weighted by Crippen LogP contribution is -2.50. The molecule has 4 aliphatic carbocycles. The average Bonchev–Trinajstić information content (AvgIpc) is 3.30. The number of rotatable bonds is 7. The van der Waals surface area contributed by atoms with Gasteiger partial charge in [-0.1, -0.05) is 39.3 Å². The Labute approximate surface area is 230 Å². The molecule has 0 radical (unpaired) electrons. The van der Waals surface area contributed by atoms with E-state index in [1.54, 1.807) is 12.5 Å². The maximum atomic E-state index is 11.6. The van der Waals surface area contributed by atoms with Gasteiger partial charge in [-0.25, -0.2) is 0 Å². The van der Waals surface area contributed by atoms with Crippen LogP contribution in [0, 0.1) is 40.4 Å². The van der Waals surface area contributed by atoms with Crippen molar-refractivity contribution >= 4 is 11.9 Å². The van der Waals surface area contributed by atoms with E-state index < -0.39 is 0 Å². The fraction of sp³-hybridized carbons (Fsp3) is 0.818. The zero-order valence-electron chi connectivity index (χ0n) is 25.0. The molecule has 0 unspecified atom stereocenters. The van der Waals surface area contributed by atoms with Gasteiger partial charge in [0.1, 0.15) is 11.7 Å². The molecule has 3 saturated carbocycles. The summed E-state index contributed by atoms with van der Waals surface area (Å²) in [5, 5.41) is 2.97. The molecular formula is C33H51NO4. The molecule has 1 amide bonds. The summed E-state index contributed by atoms with van der Waals surface area (Å²) in [6.07, 6.45) is 13.7. The largest absolute Gasteiger partial charge is 0.491 e. The number of amides is 1. The summed E-state index contributed by atoms with van der Waals surface area (Å²) < 4.78 is 12.7. The maximum absolute atomic E-state index is 11.6. The quantitative estimate of drug-likeness (QED) is 0.284. The zero-order valence-corrected chi connectivity index (χ0v) is 25.0. The highest BCUT2D eigenvalue weighted by Gasteiger charge is 2.68. The van der Waals surface area contributed by atoms with E-state index in [0.29, 0.717) is 23.2 Å². The molecule has 212 valence electrons. The fourth-order valence-corrected chi connectivity index (χ4v) is 10.1. The van der Waals surface area contributed by atoms with Gasteiger partial charge in [0.05, 0.1) is 5.76 Å². The zero-order chi connectivity index (χ0) is 27.5. The first-order valence-electron chi connectivity index (χ1n) is 15.4. The van der Waals surface area contributed by atoms with Gasteiger partial charge < -0.3 is 14.8 Å². The number of hydrogen-bond acceptors (Lipinski definition) is 4. The smallest absolute Gasteiger partial charge is 0.302 e. The Morgan fingerprint density at radius 2 is 1.95 bits per heavy atom. The molecule has 0 aromatic heterocycles. The van der Waals surface area contributed by atoms with E-state index in [4.69, 9.17) is 9.47 Å². The van der Waals surface area contributed by atoms with Gasteiger partial charge in [-0.2, -0.15) is 0 Å². The molecule has 5 heteroatoms. The number of allylic oxidation sites excluding steroid dienone is 2. The van der Waals surface area contributed by atoms with E-state index in [-0.39, 0.29) is 29.0 Å². The molecule has 1 heterocycles. The molecule has 5 aliphatic rings. The third-order valence-electron chi connectivity index (χ3n) is 11.9. The number of fused-ring (bicyclic) bond motifs is 7. The van der Waals surface area contributed by atoms with E-state index in [2.05, 4.69) is 46.0 Å². The van der Waals surface area contributed by atoms with Gasteiger partial charge in [-0.15, -0.1) is 0 Å². The van der Waals surface area contributed by atoms with Gasteiger partial charge in [0.15, 0.2) is 0 Å².